The molecule has 0 amide bonds. The number of sulfonamides is 1. The molecule has 0 saturated heterocycles. The molecule has 1 rings (SSSR count). The van der Waals surface area contributed by atoms with Gasteiger partial charge in [-0.05, 0) is 6.07 Å². The molecule has 0 aliphatic rings. The van der Waals surface area contributed by atoms with Crippen LogP contribution in [-0.2, 0) is 10.0 Å². The van der Waals surface area contributed by atoms with E-state index in [2.05, 4.69) is 10.1 Å². The number of aromatic nitrogens is 1. The highest BCUT2D eigenvalue weighted by molar-refractivity contribution is 7.89. The summed E-state index contributed by atoms with van der Waals surface area (Å²) in [5.74, 6) is -2.75. The maximum Gasteiger partial charge on any atom is 0.266 e. The molecule has 15 heavy (non-hydrogen) atoms. The van der Waals surface area contributed by atoms with Crippen molar-refractivity contribution in [3.8, 4) is 5.75 Å². The third kappa shape index (κ3) is 2.36. The first-order chi connectivity index (χ1) is 6.73. The Morgan fingerprint density at radius 3 is 2.40 bits per heavy atom. The van der Waals surface area contributed by atoms with Gasteiger partial charge in [-0.3, -0.25) is 0 Å². The predicted molar refractivity (Wildman–Crippen MR) is 42.2 cm³/mol. The standard InChI is InChI=1S/C6H5F3N2O3S/c7-4(8)2-1-3(12)5(9)11-6(2)15(10,13)14/h1,4,12H,(H2,10,13,14). The molecule has 3 N–H and O–H groups in total. The van der Waals surface area contributed by atoms with Crippen LogP contribution in [0.3, 0.4) is 0 Å². The third-order valence-electron chi connectivity index (χ3n) is 1.45. The van der Waals surface area contributed by atoms with E-state index in [0.717, 1.165) is 0 Å². The second kappa shape index (κ2) is 3.66. The van der Waals surface area contributed by atoms with E-state index >= 15 is 0 Å². The van der Waals surface area contributed by atoms with Gasteiger partial charge in [-0.25, -0.2) is 27.3 Å². The second-order valence-corrected chi connectivity index (χ2v) is 4.02. The van der Waals surface area contributed by atoms with Gasteiger partial charge in [-0.2, -0.15) is 4.39 Å². The summed E-state index contributed by atoms with van der Waals surface area (Å²) in [4.78, 5) is 2.66. The van der Waals surface area contributed by atoms with Crippen LogP contribution in [0.5, 0.6) is 5.75 Å². The minimum Gasteiger partial charge on any atom is -0.504 e. The maximum absolute atomic E-state index is 12.6. The summed E-state index contributed by atoms with van der Waals surface area (Å²) in [6, 6.07) is 0.271. The Hall–Kier alpha value is -1.35. The lowest BCUT2D eigenvalue weighted by atomic mass is 10.3. The van der Waals surface area contributed by atoms with E-state index in [1.807, 2.05) is 0 Å². The normalized spacial score (nSPS) is 12.1. The van der Waals surface area contributed by atoms with Crippen molar-refractivity contribution in [2.75, 3.05) is 0 Å². The Morgan fingerprint density at radius 1 is 1.47 bits per heavy atom. The van der Waals surface area contributed by atoms with Crippen LogP contribution in [0.1, 0.15) is 12.0 Å². The monoisotopic (exact) mass is 242 g/mol. The largest absolute Gasteiger partial charge is 0.504 e. The quantitative estimate of drug-likeness (QED) is 0.739. The van der Waals surface area contributed by atoms with Crippen molar-refractivity contribution in [1.82, 2.24) is 4.98 Å². The van der Waals surface area contributed by atoms with Crippen molar-refractivity contribution < 1.29 is 26.7 Å². The Labute approximate surface area is 82.4 Å². The number of halogens is 3. The number of aromatic hydroxyl groups is 1. The predicted octanol–water partition coefficient (Wildman–Crippen LogP) is 0.511. The summed E-state index contributed by atoms with van der Waals surface area (Å²) in [5.41, 5.74) is -1.14. The molecular formula is C6H5F3N2O3S. The van der Waals surface area contributed by atoms with Gasteiger partial charge >= 0.3 is 0 Å². The molecule has 0 aliphatic carbocycles. The van der Waals surface area contributed by atoms with Gasteiger partial charge in [0.2, 0.25) is 0 Å². The van der Waals surface area contributed by atoms with Crippen LogP contribution in [0.25, 0.3) is 0 Å². The highest BCUT2D eigenvalue weighted by atomic mass is 32.2. The number of hydrogen-bond acceptors (Lipinski definition) is 4. The van der Waals surface area contributed by atoms with E-state index in [4.69, 9.17) is 5.11 Å². The van der Waals surface area contributed by atoms with Gasteiger partial charge in [0.1, 0.15) is 0 Å². The van der Waals surface area contributed by atoms with E-state index in [0.29, 0.717) is 0 Å². The number of hydrogen-bond donors (Lipinski definition) is 2. The van der Waals surface area contributed by atoms with Crippen LogP contribution in [0, 0.1) is 5.95 Å². The zero-order valence-corrected chi connectivity index (χ0v) is 7.80. The van der Waals surface area contributed by atoms with Crippen LogP contribution >= 0.6 is 0 Å². The van der Waals surface area contributed by atoms with Gasteiger partial charge in [-0.1, -0.05) is 0 Å². The smallest absolute Gasteiger partial charge is 0.266 e. The van der Waals surface area contributed by atoms with Gasteiger partial charge in [0.25, 0.3) is 22.4 Å². The molecule has 1 aromatic rings. The summed E-state index contributed by atoms with van der Waals surface area (Å²) in [6.07, 6.45) is -3.24. The number of primary sulfonamides is 1. The number of nitrogens with zero attached hydrogens (tertiary/aromatic N) is 1. The lowest BCUT2D eigenvalue weighted by molar-refractivity contribution is 0.146. The van der Waals surface area contributed by atoms with Gasteiger partial charge in [-0.15, -0.1) is 0 Å². The molecule has 1 heterocycles. The highest BCUT2D eigenvalue weighted by Gasteiger charge is 2.25. The van der Waals surface area contributed by atoms with Crippen molar-refractivity contribution in [3.05, 3.63) is 17.6 Å². The summed E-state index contributed by atoms with van der Waals surface area (Å²) >= 11 is 0. The first-order valence-corrected chi connectivity index (χ1v) is 4.98. The zero-order chi connectivity index (χ0) is 11.8. The van der Waals surface area contributed by atoms with E-state index in [1.54, 1.807) is 0 Å². The first kappa shape index (κ1) is 11.7. The molecule has 0 aromatic carbocycles. The fourth-order valence-corrected chi connectivity index (χ4v) is 1.55. The van der Waals surface area contributed by atoms with Gasteiger partial charge < -0.3 is 5.11 Å². The molecule has 84 valence electrons. The minimum atomic E-state index is -4.56. The van der Waals surface area contributed by atoms with Crippen molar-refractivity contribution in [2.24, 2.45) is 5.14 Å². The summed E-state index contributed by atoms with van der Waals surface area (Å²) in [6.45, 7) is 0. The molecule has 5 nitrogen and oxygen atoms in total. The van der Waals surface area contributed by atoms with Crippen LogP contribution in [0.2, 0.25) is 0 Å². The maximum atomic E-state index is 12.6. The van der Waals surface area contributed by atoms with Crippen molar-refractivity contribution in [1.29, 1.82) is 0 Å². The zero-order valence-electron chi connectivity index (χ0n) is 6.99. The first-order valence-electron chi connectivity index (χ1n) is 3.44. The SMILES string of the molecule is NS(=O)(=O)c1nc(F)c(O)cc1C(F)F. The summed E-state index contributed by atoms with van der Waals surface area (Å²) in [7, 11) is -4.56. The molecular weight excluding hydrogens is 237 g/mol. The van der Waals surface area contributed by atoms with E-state index in [9.17, 15) is 21.6 Å². The van der Waals surface area contributed by atoms with Crippen molar-refractivity contribution in [2.45, 2.75) is 11.5 Å². The lowest BCUT2D eigenvalue weighted by Gasteiger charge is -2.06. The lowest BCUT2D eigenvalue weighted by Crippen LogP contribution is -2.17. The Balaban J connectivity index is 3.56. The molecule has 0 saturated carbocycles. The topological polar surface area (TPSA) is 93.3 Å². The Kier molecular flexibility index (Phi) is 2.86. The molecule has 0 atom stereocenters. The van der Waals surface area contributed by atoms with Crippen LogP contribution in [0.15, 0.2) is 11.1 Å². The van der Waals surface area contributed by atoms with Crippen LogP contribution in [-0.4, -0.2) is 18.5 Å². The number of alkyl halides is 2. The fourth-order valence-electron chi connectivity index (χ4n) is 0.864. The summed E-state index contributed by atoms with van der Waals surface area (Å²) in [5, 5.41) is 12.0. The molecule has 0 radical (unpaired) electrons. The van der Waals surface area contributed by atoms with Crippen LogP contribution in [0.4, 0.5) is 13.2 Å². The minimum absolute atomic E-state index is 0.271. The molecule has 0 fully saturated rings. The average molecular weight is 242 g/mol. The number of rotatable bonds is 2. The van der Waals surface area contributed by atoms with Gasteiger partial charge in [0.15, 0.2) is 10.8 Å². The van der Waals surface area contributed by atoms with Crippen molar-refractivity contribution in [3.63, 3.8) is 0 Å². The van der Waals surface area contributed by atoms with Crippen molar-refractivity contribution >= 4 is 10.0 Å². The van der Waals surface area contributed by atoms with Gasteiger partial charge in [0, 0.05) is 0 Å². The number of pyridine rings is 1. The molecule has 9 heteroatoms. The molecule has 1 aromatic heterocycles. The third-order valence-corrected chi connectivity index (χ3v) is 2.32. The van der Waals surface area contributed by atoms with Gasteiger partial charge in [0.05, 0.1) is 5.56 Å². The Bertz CT molecular complexity index is 489. The molecule has 0 spiro atoms. The van der Waals surface area contributed by atoms with Crippen LogP contribution < -0.4 is 5.14 Å². The van der Waals surface area contributed by atoms with E-state index in [-0.39, 0.29) is 6.07 Å². The highest BCUT2D eigenvalue weighted by Crippen LogP contribution is 2.28. The van der Waals surface area contributed by atoms with E-state index in [1.165, 1.54) is 0 Å². The van der Waals surface area contributed by atoms with E-state index < -0.39 is 38.7 Å². The average Bonchev–Trinajstić information content (AvgIpc) is 2.06. The Morgan fingerprint density at radius 2 is 2.00 bits per heavy atom. The molecule has 0 bridgehead atoms. The fraction of sp³-hybridized carbons (Fsp3) is 0.167. The molecule has 0 unspecified atom stereocenters. The second-order valence-electron chi connectivity index (χ2n) is 2.54. The molecule has 0 aliphatic heterocycles. The number of nitrogens with two attached hydrogens (primary N) is 1. The summed E-state index contributed by atoms with van der Waals surface area (Å²) < 4.78 is 58.7.